The fourth-order valence-electron chi connectivity index (χ4n) is 4.10. The number of aromatic nitrogens is 2. The first-order valence-electron chi connectivity index (χ1n) is 9.89. The minimum Gasteiger partial charge on any atom is -0.381 e. The van der Waals surface area contributed by atoms with Crippen LogP contribution in [0.1, 0.15) is 45.7 Å². The molecule has 0 unspecified atom stereocenters. The molecular formula is C21H29N5O. The van der Waals surface area contributed by atoms with Gasteiger partial charge in [0.1, 0.15) is 0 Å². The summed E-state index contributed by atoms with van der Waals surface area (Å²) in [5.74, 6) is 0.0642. The molecule has 27 heavy (non-hydrogen) atoms. The van der Waals surface area contributed by atoms with E-state index in [1.807, 2.05) is 4.90 Å². The Hall–Kier alpha value is -2.34. The summed E-state index contributed by atoms with van der Waals surface area (Å²) in [4.78, 5) is 17.3. The minimum atomic E-state index is 0.0642. The van der Waals surface area contributed by atoms with Gasteiger partial charge in [-0.05, 0) is 57.0 Å². The summed E-state index contributed by atoms with van der Waals surface area (Å²) in [6.45, 7) is 7.60. The zero-order chi connectivity index (χ0) is 19.0. The first kappa shape index (κ1) is 18.0. The summed E-state index contributed by atoms with van der Waals surface area (Å²) in [6.07, 6.45) is 3.03. The Morgan fingerprint density at radius 1 is 1.26 bits per heavy atom. The van der Waals surface area contributed by atoms with Gasteiger partial charge in [-0.3, -0.25) is 9.89 Å². The van der Waals surface area contributed by atoms with Crippen LogP contribution in [0.2, 0.25) is 0 Å². The highest BCUT2D eigenvalue weighted by molar-refractivity contribution is 5.94. The van der Waals surface area contributed by atoms with Crippen molar-refractivity contribution in [3.8, 4) is 0 Å². The molecule has 0 spiro atoms. The maximum Gasteiger partial charge on any atom is 0.274 e. The van der Waals surface area contributed by atoms with E-state index in [-0.39, 0.29) is 11.9 Å². The van der Waals surface area contributed by atoms with Gasteiger partial charge in [0.2, 0.25) is 0 Å². The van der Waals surface area contributed by atoms with Crippen molar-refractivity contribution < 1.29 is 4.79 Å². The average molecular weight is 367 g/mol. The van der Waals surface area contributed by atoms with Crippen LogP contribution in [0.25, 0.3) is 0 Å². The van der Waals surface area contributed by atoms with E-state index in [2.05, 4.69) is 59.5 Å². The monoisotopic (exact) mass is 367 g/mol. The maximum atomic E-state index is 13.1. The molecule has 1 amide bonds. The van der Waals surface area contributed by atoms with E-state index in [4.69, 9.17) is 0 Å². The number of H-pyrrole nitrogens is 1. The largest absolute Gasteiger partial charge is 0.381 e. The Labute approximate surface area is 160 Å². The lowest BCUT2D eigenvalue weighted by Crippen LogP contribution is -2.45. The molecule has 0 radical (unpaired) electrons. The van der Waals surface area contributed by atoms with E-state index >= 15 is 0 Å². The summed E-state index contributed by atoms with van der Waals surface area (Å²) in [7, 11) is 2.09. The number of likely N-dealkylation sites (tertiary alicyclic amines) is 1. The van der Waals surface area contributed by atoms with Gasteiger partial charge in [-0.15, -0.1) is 0 Å². The maximum absolute atomic E-state index is 13.1. The Kier molecular flexibility index (Phi) is 4.91. The number of carbonyl (C=O) groups is 1. The molecule has 1 atom stereocenters. The molecule has 2 aliphatic heterocycles. The smallest absolute Gasteiger partial charge is 0.274 e. The molecule has 0 bridgehead atoms. The summed E-state index contributed by atoms with van der Waals surface area (Å²) in [5, 5.41) is 11.1. The summed E-state index contributed by atoms with van der Waals surface area (Å²) in [6, 6.07) is 6.75. The zero-order valence-corrected chi connectivity index (χ0v) is 16.5. The van der Waals surface area contributed by atoms with Crippen molar-refractivity contribution in [3.63, 3.8) is 0 Å². The molecule has 144 valence electrons. The summed E-state index contributed by atoms with van der Waals surface area (Å²) >= 11 is 0. The number of hydrogen-bond acceptors (Lipinski definition) is 4. The number of fused-ring (bicyclic) bond motifs is 1. The van der Waals surface area contributed by atoms with E-state index in [9.17, 15) is 4.79 Å². The molecule has 2 N–H and O–H groups in total. The van der Waals surface area contributed by atoms with Crippen LogP contribution < -0.4 is 5.32 Å². The van der Waals surface area contributed by atoms with Crippen LogP contribution in [-0.2, 0) is 13.0 Å². The fraction of sp³-hybridized carbons (Fsp3) is 0.524. The Balaban J connectivity index is 1.46. The lowest BCUT2D eigenvalue weighted by Gasteiger charge is -2.34. The van der Waals surface area contributed by atoms with Crippen LogP contribution in [0.15, 0.2) is 18.2 Å². The van der Waals surface area contributed by atoms with Crippen molar-refractivity contribution in [1.82, 2.24) is 20.0 Å². The van der Waals surface area contributed by atoms with Crippen LogP contribution in [0, 0.1) is 13.8 Å². The van der Waals surface area contributed by atoms with Gasteiger partial charge in [-0.2, -0.15) is 5.10 Å². The molecule has 6 nitrogen and oxygen atoms in total. The number of carbonyl (C=O) groups excluding carboxylic acids is 1. The molecule has 0 saturated carbocycles. The normalized spacial score (nSPS) is 20.4. The van der Waals surface area contributed by atoms with Gasteiger partial charge >= 0.3 is 0 Å². The van der Waals surface area contributed by atoms with E-state index in [1.165, 1.54) is 11.1 Å². The second kappa shape index (κ2) is 7.35. The lowest BCUT2D eigenvalue weighted by atomic mass is 10.0. The Bertz CT molecular complexity index is 843. The van der Waals surface area contributed by atoms with Crippen molar-refractivity contribution in [2.75, 3.05) is 32.0 Å². The van der Waals surface area contributed by atoms with Crippen molar-refractivity contribution in [3.05, 3.63) is 46.3 Å². The third-order valence-electron chi connectivity index (χ3n) is 5.91. The van der Waals surface area contributed by atoms with Crippen LogP contribution in [0.4, 0.5) is 5.69 Å². The number of likely N-dealkylation sites (N-methyl/N-ethyl adjacent to an activating group) is 1. The number of anilines is 1. The number of amides is 1. The van der Waals surface area contributed by atoms with E-state index in [0.29, 0.717) is 5.69 Å². The fourth-order valence-corrected chi connectivity index (χ4v) is 4.10. The number of nitrogens with zero attached hydrogens (tertiary/aromatic N) is 3. The molecule has 4 rings (SSSR count). The van der Waals surface area contributed by atoms with E-state index in [0.717, 1.165) is 62.4 Å². The second-order valence-electron chi connectivity index (χ2n) is 8.05. The molecule has 1 saturated heterocycles. The average Bonchev–Trinajstić information content (AvgIpc) is 3.07. The van der Waals surface area contributed by atoms with Crippen LogP contribution >= 0.6 is 0 Å². The van der Waals surface area contributed by atoms with Gasteiger partial charge in [0.15, 0.2) is 5.69 Å². The highest BCUT2D eigenvalue weighted by Crippen LogP contribution is 2.23. The van der Waals surface area contributed by atoms with Gasteiger partial charge in [-0.1, -0.05) is 6.07 Å². The van der Waals surface area contributed by atoms with Crippen molar-refractivity contribution in [2.45, 2.75) is 45.7 Å². The number of rotatable bonds is 3. The number of piperidine rings is 1. The Morgan fingerprint density at radius 3 is 2.93 bits per heavy atom. The van der Waals surface area contributed by atoms with Gasteiger partial charge in [0.05, 0.1) is 0 Å². The SMILES string of the molecule is Cc1ccc(N[C@H]2CCCN(C(=O)c3n[nH]c4c3CN(C)CC4)C2)cc1C. The van der Waals surface area contributed by atoms with Crippen LogP contribution in [-0.4, -0.2) is 58.6 Å². The predicted molar refractivity (Wildman–Crippen MR) is 107 cm³/mol. The quantitative estimate of drug-likeness (QED) is 0.876. The predicted octanol–water partition coefficient (Wildman–Crippen LogP) is 2.73. The third kappa shape index (κ3) is 3.72. The molecule has 0 aliphatic carbocycles. The molecule has 3 heterocycles. The van der Waals surface area contributed by atoms with Gasteiger partial charge in [0.25, 0.3) is 5.91 Å². The molecule has 6 heteroatoms. The number of hydrogen-bond donors (Lipinski definition) is 2. The van der Waals surface area contributed by atoms with E-state index in [1.54, 1.807) is 0 Å². The standard InChI is InChI=1S/C21H29N5O/c1-14-6-7-16(11-15(14)2)22-17-5-4-9-26(12-17)21(27)20-18-13-25(3)10-8-19(18)23-24-20/h6-7,11,17,22H,4-5,8-10,12-13H2,1-3H3,(H,23,24)/t17-/m0/s1. The highest BCUT2D eigenvalue weighted by Gasteiger charge is 2.30. The molecule has 2 aromatic rings. The molecule has 1 aromatic heterocycles. The Morgan fingerprint density at radius 2 is 2.11 bits per heavy atom. The molecule has 1 aromatic carbocycles. The van der Waals surface area contributed by atoms with Gasteiger partial charge < -0.3 is 15.1 Å². The topological polar surface area (TPSA) is 64.3 Å². The van der Waals surface area contributed by atoms with Gasteiger partial charge in [0, 0.05) is 55.6 Å². The molecule has 1 fully saturated rings. The number of nitrogens with one attached hydrogen (secondary N) is 2. The number of aryl methyl sites for hydroxylation is 2. The van der Waals surface area contributed by atoms with E-state index < -0.39 is 0 Å². The first-order chi connectivity index (χ1) is 13.0. The van der Waals surface area contributed by atoms with Gasteiger partial charge in [-0.25, -0.2) is 0 Å². The second-order valence-corrected chi connectivity index (χ2v) is 8.05. The highest BCUT2D eigenvalue weighted by atomic mass is 16.2. The third-order valence-corrected chi connectivity index (χ3v) is 5.91. The molecule has 2 aliphatic rings. The van der Waals surface area contributed by atoms with Crippen molar-refractivity contribution in [2.24, 2.45) is 0 Å². The number of aromatic amines is 1. The molecular weight excluding hydrogens is 338 g/mol. The first-order valence-corrected chi connectivity index (χ1v) is 9.89. The number of benzene rings is 1. The summed E-state index contributed by atoms with van der Waals surface area (Å²) in [5.41, 5.74) is 6.54. The lowest BCUT2D eigenvalue weighted by molar-refractivity contribution is 0.0706. The van der Waals surface area contributed by atoms with Crippen molar-refractivity contribution >= 4 is 11.6 Å². The van der Waals surface area contributed by atoms with Crippen LogP contribution in [0.5, 0.6) is 0 Å². The summed E-state index contributed by atoms with van der Waals surface area (Å²) < 4.78 is 0. The van der Waals surface area contributed by atoms with Crippen LogP contribution in [0.3, 0.4) is 0 Å². The minimum absolute atomic E-state index is 0.0642. The van der Waals surface area contributed by atoms with Crippen molar-refractivity contribution in [1.29, 1.82) is 0 Å². The zero-order valence-electron chi connectivity index (χ0n) is 16.5.